The third-order valence-corrected chi connectivity index (χ3v) is 4.37. The van der Waals surface area contributed by atoms with Gasteiger partial charge in [0.15, 0.2) is 5.78 Å². The molecule has 0 spiro atoms. The number of rotatable bonds is 5. The van der Waals surface area contributed by atoms with Gasteiger partial charge in [0.2, 0.25) is 0 Å². The van der Waals surface area contributed by atoms with E-state index in [1.807, 2.05) is 0 Å². The van der Waals surface area contributed by atoms with Crippen LogP contribution in [0, 0.1) is 5.82 Å². The molecule has 0 amide bonds. The molecule has 0 fully saturated rings. The van der Waals surface area contributed by atoms with Crippen LogP contribution in [0.3, 0.4) is 0 Å². The van der Waals surface area contributed by atoms with E-state index in [-0.39, 0.29) is 5.39 Å². The standard InChI is InChI=1S/C20H16FNO5/c1-22-15-6-5-12(11-3-2-4-13(21)9-11)10-14(15)19(26)18(20(22)27)16(23)7-8-17(24)25/h2-6,9-10,26H,7-8H2,1H3,(H,24,25). The highest BCUT2D eigenvalue weighted by atomic mass is 19.1. The van der Waals surface area contributed by atoms with Gasteiger partial charge >= 0.3 is 5.97 Å². The van der Waals surface area contributed by atoms with Crippen molar-refractivity contribution in [3.05, 3.63) is 64.2 Å². The summed E-state index contributed by atoms with van der Waals surface area (Å²) >= 11 is 0. The number of aliphatic carboxylic acids is 1. The first kappa shape index (κ1) is 18.3. The van der Waals surface area contributed by atoms with E-state index in [0.717, 1.165) is 0 Å². The molecule has 7 heteroatoms. The molecule has 3 rings (SSSR count). The second-order valence-electron chi connectivity index (χ2n) is 6.15. The number of pyridine rings is 1. The van der Waals surface area contributed by atoms with Crippen LogP contribution >= 0.6 is 0 Å². The van der Waals surface area contributed by atoms with Gasteiger partial charge in [-0.05, 0) is 35.4 Å². The number of carbonyl (C=O) groups excluding carboxylic acids is 1. The number of carboxylic acids is 1. The minimum atomic E-state index is -1.17. The van der Waals surface area contributed by atoms with Gasteiger partial charge in [-0.2, -0.15) is 0 Å². The molecule has 0 bridgehead atoms. The molecule has 0 unspecified atom stereocenters. The van der Waals surface area contributed by atoms with Crippen molar-refractivity contribution < 1.29 is 24.2 Å². The van der Waals surface area contributed by atoms with Crippen LogP contribution in [0.15, 0.2) is 47.3 Å². The van der Waals surface area contributed by atoms with Crippen molar-refractivity contribution in [2.45, 2.75) is 12.8 Å². The fourth-order valence-corrected chi connectivity index (χ4v) is 2.98. The first-order chi connectivity index (χ1) is 12.8. The van der Waals surface area contributed by atoms with Crippen LogP contribution in [0.1, 0.15) is 23.2 Å². The molecule has 0 aliphatic heterocycles. The van der Waals surface area contributed by atoms with Crippen molar-refractivity contribution in [2.24, 2.45) is 7.05 Å². The molecule has 0 saturated heterocycles. The average molecular weight is 369 g/mol. The molecule has 2 N–H and O–H groups in total. The van der Waals surface area contributed by atoms with Crippen molar-refractivity contribution in [3.8, 4) is 16.9 Å². The Morgan fingerprint density at radius 2 is 1.78 bits per heavy atom. The molecule has 1 aromatic heterocycles. The third-order valence-electron chi connectivity index (χ3n) is 4.37. The second-order valence-corrected chi connectivity index (χ2v) is 6.15. The number of aromatic hydroxyl groups is 1. The first-order valence-electron chi connectivity index (χ1n) is 8.16. The van der Waals surface area contributed by atoms with E-state index in [0.29, 0.717) is 16.6 Å². The molecule has 3 aromatic rings. The van der Waals surface area contributed by atoms with Crippen LogP contribution in [0.25, 0.3) is 22.0 Å². The minimum absolute atomic E-state index is 0.248. The van der Waals surface area contributed by atoms with Crippen molar-refractivity contribution >= 4 is 22.7 Å². The first-order valence-corrected chi connectivity index (χ1v) is 8.16. The van der Waals surface area contributed by atoms with Crippen molar-refractivity contribution in [1.29, 1.82) is 0 Å². The quantitative estimate of drug-likeness (QED) is 0.674. The number of hydrogen-bond donors (Lipinski definition) is 2. The number of aryl methyl sites for hydroxylation is 1. The Morgan fingerprint density at radius 3 is 2.44 bits per heavy atom. The van der Waals surface area contributed by atoms with Gasteiger partial charge in [-0.25, -0.2) is 4.39 Å². The summed E-state index contributed by atoms with van der Waals surface area (Å²) in [6.07, 6.45) is -0.837. The molecule has 2 aromatic carbocycles. The molecule has 138 valence electrons. The Balaban J connectivity index is 2.20. The van der Waals surface area contributed by atoms with Gasteiger partial charge in [0, 0.05) is 18.9 Å². The van der Waals surface area contributed by atoms with Gasteiger partial charge in [0.05, 0.1) is 11.9 Å². The number of benzene rings is 2. The SMILES string of the molecule is Cn1c(=O)c(C(=O)CCC(=O)O)c(O)c2cc(-c3cccc(F)c3)ccc21. The number of carbonyl (C=O) groups is 2. The third kappa shape index (κ3) is 3.44. The number of Topliss-reactive ketones (excluding diaryl/α,β-unsaturated/α-hetero) is 1. The monoisotopic (exact) mass is 369 g/mol. The Bertz CT molecular complexity index is 1130. The van der Waals surface area contributed by atoms with Crippen molar-refractivity contribution in [3.63, 3.8) is 0 Å². The van der Waals surface area contributed by atoms with Crippen LogP contribution in [-0.2, 0) is 11.8 Å². The summed E-state index contributed by atoms with van der Waals surface area (Å²) in [6.45, 7) is 0. The number of fused-ring (bicyclic) bond motifs is 1. The van der Waals surface area contributed by atoms with Crippen LogP contribution in [0.2, 0.25) is 0 Å². The lowest BCUT2D eigenvalue weighted by Gasteiger charge is -2.12. The number of aromatic nitrogens is 1. The highest BCUT2D eigenvalue weighted by Crippen LogP contribution is 2.31. The van der Waals surface area contributed by atoms with E-state index in [4.69, 9.17) is 5.11 Å². The largest absolute Gasteiger partial charge is 0.506 e. The van der Waals surface area contributed by atoms with E-state index in [9.17, 15) is 23.9 Å². The van der Waals surface area contributed by atoms with E-state index < -0.39 is 47.3 Å². The van der Waals surface area contributed by atoms with Crippen molar-refractivity contribution in [1.82, 2.24) is 4.57 Å². The summed E-state index contributed by atoms with van der Waals surface area (Å²) in [5, 5.41) is 19.5. The molecule has 0 aliphatic carbocycles. The zero-order valence-corrected chi connectivity index (χ0v) is 14.4. The van der Waals surface area contributed by atoms with Gasteiger partial charge in [0.25, 0.3) is 5.56 Å². The Labute approximate surface area is 153 Å². The highest BCUT2D eigenvalue weighted by molar-refractivity contribution is 6.04. The maximum Gasteiger partial charge on any atom is 0.303 e. The van der Waals surface area contributed by atoms with Crippen molar-refractivity contribution in [2.75, 3.05) is 0 Å². The molecular formula is C20H16FNO5. The summed E-state index contributed by atoms with van der Waals surface area (Å²) in [6, 6.07) is 10.7. The molecule has 1 heterocycles. The molecule has 6 nitrogen and oxygen atoms in total. The summed E-state index contributed by atoms with van der Waals surface area (Å²) in [5.74, 6) is -2.83. The Morgan fingerprint density at radius 1 is 1.07 bits per heavy atom. The van der Waals surface area contributed by atoms with Gasteiger partial charge in [-0.15, -0.1) is 0 Å². The van der Waals surface area contributed by atoms with E-state index in [2.05, 4.69) is 0 Å². The highest BCUT2D eigenvalue weighted by Gasteiger charge is 2.22. The Hall–Kier alpha value is -3.48. The lowest BCUT2D eigenvalue weighted by atomic mass is 9.99. The summed E-state index contributed by atoms with van der Waals surface area (Å²) in [4.78, 5) is 35.5. The smallest absolute Gasteiger partial charge is 0.303 e. The summed E-state index contributed by atoms with van der Waals surface area (Å²) in [5.41, 5.74) is 0.424. The van der Waals surface area contributed by atoms with E-state index in [1.54, 1.807) is 30.3 Å². The van der Waals surface area contributed by atoms with Crippen LogP contribution in [0.5, 0.6) is 5.75 Å². The number of carboxylic acid groups (broad SMARTS) is 1. The van der Waals surface area contributed by atoms with Gasteiger partial charge in [0.1, 0.15) is 17.1 Å². The van der Waals surface area contributed by atoms with Gasteiger partial charge < -0.3 is 14.8 Å². The number of hydrogen-bond acceptors (Lipinski definition) is 4. The Kier molecular flexibility index (Phi) is 4.77. The molecule has 0 aliphatic rings. The molecule has 0 atom stereocenters. The summed E-state index contributed by atoms with van der Waals surface area (Å²) in [7, 11) is 1.46. The number of ketones is 1. The lowest BCUT2D eigenvalue weighted by molar-refractivity contribution is -0.136. The van der Waals surface area contributed by atoms with Gasteiger partial charge in [-0.1, -0.05) is 18.2 Å². The average Bonchev–Trinajstić information content (AvgIpc) is 2.64. The lowest BCUT2D eigenvalue weighted by Crippen LogP contribution is -2.25. The van der Waals surface area contributed by atoms with Crippen LogP contribution < -0.4 is 5.56 Å². The van der Waals surface area contributed by atoms with Crippen LogP contribution in [-0.4, -0.2) is 26.5 Å². The maximum absolute atomic E-state index is 13.5. The zero-order chi connectivity index (χ0) is 19.7. The van der Waals surface area contributed by atoms with Gasteiger partial charge in [-0.3, -0.25) is 14.4 Å². The number of nitrogens with zero attached hydrogens (tertiary/aromatic N) is 1. The van der Waals surface area contributed by atoms with E-state index in [1.165, 1.54) is 23.7 Å². The second kappa shape index (κ2) is 7.03. The fraction of sp³-hybridized carbons (Fsp3) is 0.150. The predicted octanol–water partition coefficient (Wildman–Crippen LogP) is 3.10. The molecule has 27 heavy (non-hydrogen) atoms. The topological polar surface area (TPSA) is 96.6 Å². The predicted molar refractivity (Wildman–Crippen MR) is 97.4 cm³/mol. The maximum atomic E-state index is 13.5. The van der Waals surface area contributed by atoms with Crippen LogP contribution in [0.4, 0.5) is 4.39 Å². The number of halogens is 1. The molecule has 0 saturated carbocycles. The molecule has 0 radical (unpaired) electrons. The fourth-order valence-electron chi connectivity index (χ4n) is 2.98. The molecular weight excluding hydrogens is 353 g/mol. The minimum Gasteiger partial charge on any atom is -0.506 e. The normalized spacial score (nSPS) is 10.9. The zero-order valence-electron chi connectivity index (χ0n) is 14.4. The van der Waals surface area contributed by atoms with E-state index >= 15 is 0 Å². The summed E-state index contributed by atoms with van der Waals surface area (Å²) < 4.78 is 14.7.